The molecular weight excluding hydrogens is 423 g/mol. The zero-order valence-corrected chi connectivity index (χ0v) is 18.3. The number of aryl methyl sites for hydroxylation is 1. The van der Waals surface area contributed by atoms with E-state index < -0.39 is 0 Å². The monoisotopic (exact) mass is 446 g/mol. The summed E-state index contributed by atoms with van der Waals surface area (Å²) < 4.78 is 22.5. The van der Waals surface area contributed by atoms with Gasteiger partial charge in [-0.15, -0.1) is 5.10 Å². The molecule has 0 fully saturated rings. The standard InChI is InChI=1S/C24H23FN6O2/c1-15-13-30(14-26-15)20-11-8-17(12-22(20)33-2)24(32)27-23-21-5-3-4-19(31(21)29-28-23)16-6-9-18(25)10-7-16/h6-14,19H,3-5H2,1-2H3,(H,27,32). The SMILES string of the molecule is COc1cc(C(=O)Nc2nnn3c2CCCC3c2ccc(F)cc2)ccc1-n1cnc(C)c1. The largest absolute Gasteiger partial charge is 0.495 e. The number of aromatic nitrogens is 5. The van der Waals surface area contributed by atoms with E-state index in [4.69, 9.17) is 4.74 Å². The van der Waals surface area contributed by atoms with E-state index in [1.54, 1.807) is 37.7 Å². The van der Waals surface area contributed by atoms with Crippen molar-refractivity contribution < 1.29 is 13.9 Å². The first kappa shape index (κ1) is 20.9. The van der Waals surface area contributed by atoms with Crippen LogP contribution in [0.25, 0.3) is 5.69 Å². The maximum Gasteiger partial charge on any atom is 0.257 e. The molecule has 9 heteroatoms. The third kappa shape index (κ3) is 3.97. The van der Waals surface area contributed by atoms with Gasteiger partial charge in [0.25, 0.3) is 5.91 Å². The summed E-state index contributed by atoms with van der Waals surface area (Å²) in [5, 5.41) is 11.4. The van der Waals surface area contributed by atoms with E-state index in [1.807, 2.05) is 28.4 Å². The number of imidazole rings is 1. The Bertz CT molecular complexity index is 1310. The summed E-state index contributed by atoms with van der Waals surface area (Å²) in [4.78, 5) is 17.2. The van der Waals surface area contributed by atoms with Crippen molar-refractivity contribution in [2.45, 2.75) is 32.2 Å². The van der Waals surface area contributed by atoms with Crippen LogP contribution in [0.2, 0.25) is 0 Å². The molecule has 2 aromatic carbocycles. The summed E-state index contributed by atoms with van der Waals surface area (Å²) in [5.74, 6) is 0.432. The predicted molar refractivity (Wildman–Crippen MR) is 120 cm³/mol. The second-order valence-corrected chi connectivity index (χ2v) is 8.05. The van der Waals surface area contributed by atoms with Crippen molar-refractivity contribution in [2.24, 2.45) is 0 Å². The second kappa shape index (κ2) is 8.50. The minimum atomic E-state index is -0.297. The van der Waals surface area contributed by atoms with Crippen LogP contribution in [0.3, 0.4) is 0 Å². The number of rotatable bonds is 5. The van der Waals surface area contributed by atoms with Gasteiger partial charge in [-0.25, -0.2) is 14.1 Å². The van der Waals surface area contributed by atoms with Crippen LogP contribution in [0.5, 0.6) is 5.75 Å². The summed E-state index contributed by atoms with van der Waals surface area (Å²) in [6.45, 7) is 1.91. The number of nitrogens with one attached hydrogen (secondary N) is 1. The lowest BCUT2D eigenvalue weighted by Crippen LogP contribution is -2.21. The molecule has 1 N–H and O–H groups in total. The molecule has 2 aromatic heterocycles. The van der Waals surface area contributed by atoms with Gasteiger partial charge in [-0.05, 0) is 62.1 Å². The summed E-state index contributed by atoms with van der Waals surface area (Å²) in [6, 6.07) is 11.6. The lowest BCUT2D eigenvalue weighted by atomic mass is 9.96. The van der Waals surface area contributed by atoms with Gasteiger partial charge in [0.05, 0.1) is 36.6 Å². The average Bonchev–Trinajstić information content (AvgIpc) is 3.45. The third-order valence-electron chi connectivity index (χ3n) is 5.90. The van der Waals surface area contributed by atoms with Gasteiger partial charge >= 0.3 is 0 Å². The number of halogens is 1. The van der Waals surface area contributed by atoms with E-state index >= 15 is 0 Å². The highest BCUT2D eigenvalue weighted by Crippen LogP contribution is 2.33. The van der Waals surface area contributed by atoms with Gasteiger partial charge in [-0.1, -0.05) is 17.3 Å². The quantitative estimate of drug-likeness (QED) is 0.499. The number of nitrogens with zero attached hydrogens (tertiary/aromatic N) is 5. The zero-order valence-electron chi connectivity index (χ0n) is 18.3. The van der Waals surface area contributed by atoms with Gasteiger partial charge in [-0.2, -0.15) is 0 Å². The van der Waals surface area contributed by atoms with E-state index in [9.17, 15) is 9.18 Å². The number of anilines is 1. The molecule has 1 aliphatic rings. The molecular formula is C24H23FN6O2. The van der Waals surface area contributed by atoms with Crippen LogP contribution in [0.1, 0.15) is 46.2 Å². The summed E-state index contributed by atoms with van der Waals surface area (Å²) in [7, 11) is 1.57. The Morgan fingerprint density at radius 2 is 2.03 bits per heavy atom. The highest BCUT2D eigenvalue weighted by molar-refractivity contribution is 6.04. The lowest BCUT2D eigenvalue weighted by Gasteiger charge is -2.24. The van der Waals surface area contributed by atoms with Crippen molar-refractivity contribution in [1.29, 1.82) is 0 Å². The van der Waals surface area contributed by atoms with Crippen molar-refractivity contribution in [3.05, 3.63) is 83.3 Å². The van der Waals surface area contributed by atoms with Gasteiger partial charge < -0.3 is 14.6 Å². The van der Waals surface area contributed by atoms with E-state index in [0.29, 0.717) is 17.1 Å². The molecule has 5 rings (SSSR count). The maximum absolute atomic E-state index is 13.3. The topological polar surface area (TPSA) is 86.9 Å². The van der Waals surface area contributed by atoms with Crippen molar-refractivity contribution in [3.8, 4) is 11.4 Å². The van der Waals surface area contributed by atoms with Crippen LogP contribution in [-0.4, -0.2) is 37.6 Å². The highest BCUT2D eigenvalue weighted by atomic mass is 19.1. The second-order valence-electron chi connectivity index (χ2n) is 8.05. The Kier molecular flexibility index (Phi) is 5.37. The number of fused-ring (bicyclic) bond motifs is 1. The molecule has 1 unspecified atom stereocenters. The van der Waals surface area contributed by atoms with E-state index in [2.05, 4.69) is 20.6 Å². The molecule has 1 atom stereocenters. The van der Waals surface area contributed by atoms with E-state index in [1.165, 1.54) is 12.1 Å². The minimum Gasteiger partial charge on any atom is -0.495 e. The third-order valence-corrected chi connectivity index (χ3v) is 5.90. The molecule has 0 spiro atoms. The van der Waals surface area contributed by atoms with Gasteiger partial charge in [0.2, 0.25) is 0 Å². The number of amides is 1. The average molecular weight is 446 g/mol. The fourth-order valence-corrected chi connectivity index (χ4v) is 4.24. The first-order chi connectivity index (χ1) is 16.0. The normalized spacial score (nSPS) is 15.2. The van der Waals surface area contributed by atoms with Crippen molar-refractivity contribution >= 4 is 11.7 Å². The van der Waals surface area contributed by atoms with E-state index in [-0.39, 0.29) is 17.8 Å². The predicted octanol–water partition coefficient (Wildman–Crippen LogP) is 4.10. The Labute approximate surface area is 190 Å². The molecule has 0 radical (unpaired) electrons. The van der Waals surface area contributed by atoms with Crippen LogP contribution < -0.4 is 10.1 Å². The Balaban J connectivity index is 1.39. The molecule has 33 heavy (non-hydrogen) atoms. The smallest absolute Gasteiger partial charge is 0.257 e. The Morgan fingerprint density at radius 1 is 1.21 bits per heavy atom. The number of carbonyl (C=O) groups excluding carboxylic acids is 1. The molecule has 0 saturated heterocycles. The molecule has 0 bridgehead atoms. The maximum atomic E-state index is 13.3. The lowest BCUT2D eigenvalue weighted by molar-refractivity contribution is 0.102. The van der Waals surface area contributed by atoms with Crippen LogP contribution in [0, 0.1) is 12.7 Å². The zero-order chi connectivity index (χ0) is 22.9. The molecule has 1 aliphatic heterocycles. The van der Waals surface area contributed by atoms with Crippen molar-refractivity contribution in [3.63, 3.8) is 0 Å². The molecule has 0 aliphatic carbocycles. The fraction of sp³-hybridized carbons (Fsp3) is 0.250. The molecule has 1 amide bonds. The number of carbonyl (C=O) groups is 1. The molecule has 8 nitrogen and oxygen atoms in total. The van der Waals surface area contributed by atoms with Crippen LogP contribution >= 0.6 is 0 Å². The minimum absolute atomic E-state index is 0.0366. The highest BCUT2D eigenvalue weighted by Gasteiger charge is 2.27. The number of methoxy groups -OCH3 is 1. The molecule has 4 aromatic rings. The molecule has 168 valence electrons. The van der Waals surface area contributed by atoms with Crippen LogP contribution in [-0.2, 0) is 6.42 Å². The summed E-state index contributed by atoms with van der Waals surface area (Å²) in [5.41, 5.74) is 3.95. The molecule has 3 heterocycles. The van der Waals surface area contributed by atoms with Crippen LogP contribution in [0.4, 0.5) is 10.2 Å². The van der Waals surface area contributed by atoms with E-state index in [0.717, 1.165) is 41.9 Å². The summed E-state index contributed by atoms with van der Waals surface area (Å²) in [6.07, 6.45) is 6.14. The molecule has 0 saturated carbocycles. The van der Waals surface area contributed by atoms with Gasteiger partial charge in [0.15, 0.2) is 5.82 Å². The van der Waals surface area contributed by atoms with Gasteiger partial charge in [0.1, 0.15) is 11.6 Å². The number of hydrogen-bond acceptors (Lipinski definition) is 5. The number of ether oxygens (including phenoxy) is 1. The van der Waals surface area contributed by atoms with Crippen molar-refractivity contribution in [2.75, 3.05) is 12.4 Å². The fourth-order valence-electron chi connectivity index (χ4n) is 4.24. The first-order valence-corrected chi connectivity index (χ1v) is 10.7. The number of benzene rings is 2. The van der Waals surface area contributed by atoms with Gasteiger partial charge in [-0.3, -0.25) is 4.79 Å². The summed E-state index contributed by atoms with van der Waals surface area (Å²) >= 11 is 0. The Hall–Kier alpha value is -4.01. The van der Waals surface area contributed by atoms with Gasteiger partial charge in [0, 0.05) is 11.8 Å². The van der Waals surface area contributed by atoms with Crippen molar-refractivity contribution in [1.82, 2.24) is 24.5 Å². The number of hydrogen-bond donors (Lipinski definition) is 1. The van der Waals surface area contributed by atoms with Crippen LogP contribution in [0.15, 0.2) is 55.0 Å². The first-order valence-electron chi connectivity index (χ1n) is 10.7. The Morgan fingerprint density at radius 3 is 2.76 bits per heavy atom.